The van der Waals surface area contributed by atoms with E-state index in [1.165, 1.54) is 0 Å². The number of hydrogen-bond donors (Lipinski definition) is 1. The van der Waals surface area contributed by atoms with Crippen LogP contribution in [0, 0.1) is 5.92 Å². The lowest BCUT2D eigenvalue weighted by molar-refractivity contribution is 0.0632. The molecule has 2 unspecified atom stereocenters. The van der Waals surface area contributed by atoms with E-state index in [1.54, 1.807) is 6.26 Å². The van der Waals surface area contributed by atoms with Crippen LogP contribution in [0.4, 0.5) is 0 Å². The second kappa shape index (κ2) is 5.90. The summed E-state index contributed by atoms with van der Waals surface area (Å²) in [6, 6.07) is 8.22. The predicted molar refractivity (Wildman–Crippen MR) is 83.4 cm³/mol. The van der Waals surface area contributed by atoms with Crippen molar-refractivity contribution in [3.8, 4) is 0 Å². The Hall–Kier alpha value is -1.81. The highest BCUT2D eigenvalue weighted by Crippen LogP contribution is 2.26. The monoisotopic (exact) mass is 286 g/mol. The van der Waals surface area contributed by atoms with E-state index in [9.17, 15) is 4.79 Å². The van der Waals surface area contributed by atoms with Gasteiger partial charge in [-0.1, -0.05) is 31.5 Å². The van der Waals surface area contributed by atoms with Crippen LogP contribution in [0.2, 0.25) is 0 Å². The van der Waals surface area contributed by atoms with Crippen molar-refractivity contribution >= 4 is 16.9 Å². The maximum Gasteiger partial charge on any atom is 0.257 e. The van der Waals surface area contributed by atoms with Gasteiger partial charge in [-0.15, -0.1) is 0 Å². The zero-order valence-corrected chi connectivity index (χ0v) is 12.6. The lowest BCUT2D eigenvalue weighted by Gasteiger charge is -2.38. The predicted octanol–water partition coefficient (Wildman–Crippen LogP) is 2.89. The minimum atomic E-state index is 0.0907. The Morgan fingerprint density at radius 1 is 1.43 bits per heavy atom. The highest BCUT2D eigenvalue weighted by Gasteiger charge is 2.30. The molecule has 1 saturated heterocycles. The topological polar surface area (TPSA) is 45.5 Å². The van der Waals surface area contributed by atoms with Gasteiger partial charge in [-0.05, 0) is 25.5 Å². The molecule has 0 saturated carbocycles. The van der Waals surface area contributed by atoms with Gasteiger partial charge < -0.3 is 14.6 Å². The van der Waals surface area contributed by atoms with Gasteiger partial charge in [0.1, 0.15) is 11.8 Å². The molecule has 112 valence electrons. The molecule has 2 aromatic rings. The highest BCUT2D eigenvalue weighted by atomic mass is 16.3. The second-order valence-electron chi connectivity index (χ2n) is 5.75. The van der Waals surface area contributed by atoms with Crippen LogP contribution >= 0.6 is 0 Å². The third kappa shape index (κ3) is 2.56. The smallest absolute Gasteiger partial charge is 0.257 e. The number of carbonyl (C=O) groups is 1. The molecule has 1 aliphatic heterocycles. The summed E-state index contributed by atoms with van der Waals surface area (Å²) in [5.74, 6) is 0.610. The van der Waals surface area contributed by atoms with Crippen molar-refractivity contribution in [2.75, 3.05) is 20.1 Å². The van der Waals surface area contributed by atoms with Crippen LogP contribution in [0.3, 0.4) is 0 Å². The van der Waals surface area contributed by atoms with Gasteiger partial charge in [-0.25, -0.2) is 0 Å². The van der Waals surface area contributed by atoms with Crippen LogP contribution in [-0.2, 0) is 0 Å². The third-order valence-electron chi connectivity index (χ3n) is 4.63. The minimum Gasteiger partial charge on any atom is -0.463 e. The van der Waals surface area contributed by atoms with E-state index in [1.807, 2.05) is 36.2 Å². The fraction of sp³-hybridized carbons (Fsp3) is 0.471. The number of benzene rings is 1. The Bertz CT molecular complexity index is 635. The molecule has 4 heteroatoms. The number of carbonyl (C=O) groups excluding carboxylic acids is 1. The van der Waals surface area contributed by atoms with Crippen molar-refractivity contribution in [2.45, 2.75) is 25.8 Å². The third-order valence-corrected chi connectivity index (χ3v) is 4.63. The maximum atomic E-state index is 12.8. The van der Waals surface area contributed by atoms with E-state index in [2.05, 4.69) is 12.2 Å². The van der Waals surface area contributed by atoms with Crippen molar-refractivity contribution in [2.24, 2.45) is 5.92 Å². The normalized spacial score (nSPS) is 22.7. The van der Waals surface area contributed by atoms with Gasteiger partial charge in [0.2, 0.25) is 0 Å². The van der Waals surface area contributed by atoms with Crippen molar-refractivity contribution in [3.63, 3.8) is 0 Å². The molecular weight excluding hydrogens is 264 g/mol. The molecule has 3 rings (SSSR count). The lowest BCUT2D eigenvalue weighted by atomic mass is 9.89. The molecule has 0 bridgehead atoms. The van der Waals surface area contributed by atoms with Crippen LogP contribution in [0.5, 0.6) is 0 Å². The molecule has 0 spiro atoms. The molecule has 21 heavy (non-hydrogen) atoms. The number of amides is 1. The first-order chi connectivity index (χ1) is 10.2. The molecule has 0 radical (unpaired) electrons. The van der Waals surface area contributed by atoms with E-state index < -0.39 is 0 Å². The maximum absolute atomic E-state index is 12.8. The Kier molecular flexibility index (Phi) is 3.97. The molecule has 1 aromatic carbocycles. The van der Waals surface area contributed by atoms with Crippen LogP contribution in [0.25, 0.3) is 11.0 Å². The molecule has 1 N–H and O–H groups in total. The van der Waals surface area contributed by atoms with Gasteiger partial charge >= 0.3 is 0 Å². The van der Waals surface area contributed by atoms with Gasteiger partial charge in [0, 0.05) is 24.5 Å². The van der Waals surface area contributed by atoms with Crippen molar-refractivity contribution < 1.29 is 9.21 Å². The van der Waals surface area contributed by atoms with E-state index >= 15 is 0 Å². The molecule has 1 aliphatic rings. The Morgan fingerprint density at radius 3 is 3.00 bits per heavy atom. The Morgan fingerprint density at radius 2 is 2.24 bits per heavy atom. The largest absolute Gasteiger partial charge is 0.463 e. The molecule has 2 atom stereocenters. The molecule has 2 heterocycles. The summed E-state index contributed by atoms with van der Waals surface area (Å²) in [6.07, 6.45) is 3.69. The number of rotatable bonds is 3. The Balaban J connectivity index is 1.82. The van der Waals surface area contributed by atoms with Crippen LogP contribution < -0.4 is 5.32 Å². The molecule has 0 aliphatic carbocycles. The Labute approximate surface area is 125 Å². The number of furan rings is 1. The molecular formula is C17H22N2O2. The first kappa shape index (κ1) is 14.1. The summed E-state index contributed by atoms with van der Waals surface area (Å²) in [6.45, 7) is 3.82. The zero-order chi connectivity index (χ0) is 14.8. The van der Waals surface area contributed by atoms with E-state index in [4.69, 9.17) is 4.42 Å². The number of likely N-dealkylation sites (tertiary alicyclic amines) is 1. The number of para-hydroxylation sites is 1. The minimum absolute atomic E-state index is 0.0907. The van der Waals surface area contributed by atoms with Crippen LogP contribution in [0.15, 0.2) is 34.9 Å². The summed E-state index contributed by atoms with van der Waals surface area (Å²) in [7, 11) is 2.01. The quantitative estimate of drug-likeness (QED) is 0.943. The molecule has 1 aromatic heterocycles. The number of hydrogen-bond acceptors (Lipinski definition) is 3. The van der Waals surface area contributed by atoms with Gasteiger partial charge in [-0.2, -0.15) is 0 Å². The number of piperidine rings is 1. The summed E-state index contributed by atoms with van der Waals surface area (Å²) in [5, 5.41) is 4.28. The first-order valence-electron chi connectivity index (χ1n) is 7.67. The van der Waals surface area contributed by atoms with Crippen molar-refractivity contribution in [1.29, 1.82) is 0 Å². The van der Waals surface area contributed by atoms with Gasteiger partial charge in [-0.3, -0.25) is 4.79 Å². The lowest BCUT2D eigenvalue weighted by Crippen LogP contribution is -2.50. The fourth-order valence-electron chi connectivity index (χ4n) is 3.32. The van der Waals surface area contributed by atoms with Gasteiger partial charge in [0.25, 0.3) is 5.91 Å². The average Bonchev–Trinajstić information content (AvgIpc) is 2.97. The second-order valence-corrected chi connectivity index (χ2v) is 5.75. The summed E-state index contributed by atoms with van der Waals surface area (Å²) in [4.78, 5) is 14.7. The van der Waals surface area contributed by atoms with Gasteiger partial charge in [0.15, 0.2) is 0 Å². The molecule has 1 fully saturated rings. The standard InChI is InChI=1S/C17H22N2O2/c1-3-12-10-19(9-8-15(12)18-2)17(20)14-11-21-16-7-5-4-6-13(14)16/h4-7,11-12,15,18H,3,8-10H2,1-2H3. The van der Waals surface area contributed by atoms with Crippen molar-refractivity contribution in [3.05, 3.63) is 36.1 Å². The summed E-state index contributed by atoms with van der Waals surface area (Å²) < 4.78 is 5.50. The van der Waals surface area contributed by atoms with Crippen LogP contribution in [0.1, 0.15) is 30.1 Å². The van der Waals surface area contributed by atoms with E-state index in [0.29, 0.717) is 17.5 Å². The van der Waals surface area contributed by atoms with E-state index in [0.717, 1.165) is 36.9 Å². The highest BCUT2D eigenvalue weighted by molar-refractivity contribution is 6.05. The van der Waals surface area contributed by atoms with Crippen LogP contribution in [-0.4, -0.2) is 37.0 Å². The zero-order valence-electron chi connectivity index (χ0n) is 12.6. The molecule has 1 amide bonds. The SMILES string of the molecule is CCC1CN(C(=O)c2coc3ccccc23)CCC1NC. The number of nitrogens with zero attached hydrogens (tertiary/aromatic N) is 1. The van der Waals surface area contributed by atoms with E-state index in [-0.39, 0.29) is 5.91 Å². The number of nitrogens with one attached hydrogen (secondary N) is 1. The van der Waals surface area contributed by atoms with Gasteiger partial charge in [0.05, 0.1) is 5.56 Å². The molecule has 4 nitrogen and oxygen atoms in total. The van der Waals surface area contributed by atoms with Crippen molar-refractivity contribution in [1.82, 2.24) is 10.2 Å². The first-order valence-corrected chi connectivity index (χ1v) is 7.67. The summed E-state index contributed by atoms with van der Waals surface area (Å²) >= 11 is 0. The fourth-order valence-corrected chi connectivity index (χ4v) is 3.32. The number of fused-ring (bicyclic) bond motifs is 1. The average molecular weight is 286 g/mol. The summed E-state index contributed by atoms with van der Waals surface area (Å²) in [5.41, 5.74) is 1.46.